The lowest BCUT2D eigenvalue weighted by molar-refractivity contribution is -0.140. The smallest absolute Gasteiger partial charge is 0.434 e. The molecule has 5 aromatic rings. The lowest BCUT2D eigenvalue weighted by Crippen LogP contribution is -2.21. The first-order chi connectivity index (χ1) is 19.2. The predicted octanol–water partition coefficient (Wildman–Crippen LogP) is 5.09. The van der Waals surface area contributed by atoms with Gasteiger partial charge in [-0.2, -0.15) is 13.2 Å². The summed E-state index contributed by atoms with van der Waals surface area (Å²) in [7, 11) is 1.54. The van der Waals surface area contributed by atoms with Crippen molar-refractivity contribution in [3.63, 3.8) is 0 Å². The van der Waals surface area contributed by atoms with Gasteiger partial charge in [-0.25, -0.2) is 24.9 Å². The van der Waals surface area contributed by atoms with Gasteiger partial charge in [0.2, 0.25) is 11.5 Å². The summed E-state index contributed by atoms with van der Waals surface area (Å²) in [5, 5.41) is 8.61. The van der Waals surface area contributed by atoms with Crippen LogP contribution in [-0.4, -0.2) is 46.1 Å². The van der Waals surface area contributed by atoms with Crippen molar-refractivity contribution in [3.05, 3.63) is 65.6 Å². The van der Waals surface area contributed by atoms with Gasteiger partial charge in [-0.05, 0) is 32.3 Å². The number of rotatable bonds is 7. The molecule has 2 N–H and O–H groups in total. The van der Waals surface area contributed by atoms with Crippen LogP contribution in [0.5, 0.6) is 5.88 Å². The van der Waals surface area contributed by atoms with Crippen molar-refractivity contribution in [1.29, 1.82) is 5.41 Å². The normalized spacial score (nSPS) is 14.6. The Bertz CT molecular complexity index is 1770. The van der Waals surface area contributed by atoms with E-state index in [0.29, 0.717) is 46.5 Å². The van der Waals surface area contributed by atoms with Crippen molar-refractivity contribution < 1.29 is 17.9 Å². The highest BCUT2D eigenvalue weighted by Crippen LogP contribution is 2.45. The monoisotopic (exact) mass is 549 g/mol. The van der Waals surface area contributed by atoms with Crippen molar-refractivity contribution in [2.75, 3.05) is 7.11 Å². The molecule has 1 aliphatic rings. The van der Waals surface area contributed by atoms with Crippen molar-refractivity contribution in [2.45, 2.75) is 51.4 Å². The quantitative estimate of drug-likeness (QED) is 0.291. The first-order valence-corrected chi connectivity index (χ1v) is 12.8. The lowest BCUT2D eigenvalue weighted by Gasteiger charge is -2.16. The van der Waals surface area contributed by atoms with Gasteiger partial charge in [0.05, 0.1) is 25.0 Å². The minimum atomic E-state index is -4.52. The Labute approximate surface area is 226 Å². The van der Waals surface area contributed by atoms with E-state index in [-0.39, 0.29) is 17.5 Å². The number of H-pyrrole nitrogens is 1. The zero-order valence-electron chi connectivity index (χ0n) is 22.0. The molecule has 1 unspecified atom stereocenters. The van der Waals surface area contributed by atoms with E-state index in [1.165, 1.54) is 10.9 Å². The van der Waals surface area contributed by atoms with E-state index >= 15 is 0 Å². The van der Waals surface area contributed by atoms with E-state index in [4.69, 9.17) is 15.1 Å². The largest absolute Gasteiger partial charge is 0.480 e. The Morgan fingerprint density at radius 2 is 1.88 bits per heavy atom. The molecule has 0 spiro atoms. The van der Waals surface area contributed by atoms with Gasteiger partial charge in [0, 0.05) is 24.2 Å². The van der Waals surface area contributed by atoms with Crippen LogP contribution in [0, 0.1) is 5.41 Å². The summed E-state index contributed by atoms with van der Waals surface area (Å²) >= 11 is 0. The Balaban J connectivity index is 1.39. The zero-order chi connectivity index (χ0) is 28.2. The maximum atomic E-state index is 13.2. The van der Waals surface area contributed by atoms with Gasteiger partial charge in [0.25, 0.3) is 0 Å². The number of imidazole rings is 2. The Morgan fingerprint density at radius 1 is 1.12 bits per heavy atom. The van der Waals surface area contributed by atoms with Crippen LogP contribution < -0.4 is 10.4 Å². The molecule has 40 heavy (non-hydrogen) atoms. The topological polar surface area (TPSA) is 123 Å². The van der Waals surface area contributed by atoms with Crippen LogP contribution in [0.3, 0.4) is 0 Å². The first-order valence-electron chi connectivity index (χ1n) is 12.8. The van der Waals surface area contributed by atoms with Gasteiger partial charge in [0.15, 0.2) is 17.2 Å². The van der Waals surface area contributed by atoms with E-state index in [1.54, 1.807) is 36.9 Å². The number of nitrogens with one attached hydrogen (secondary N) is 2. The second-order valence-electron chi connectivity index (χ2n) is 9.72. The number of hydrogen-bond donors (Lipinski definition) is 2. The molecule has 0 saturated heterocycles. The lowest BCUT2D eigenvalue weighted by atomic mass is 10.1. The third-order valence-corrected chi connectivity index (χ3v) is 7.16. The molecule has 4 heterocycles. The number of benzene rings is 1. The van der Waals surface area contributed by atoms with E-state index in [2.05, 4.69) is 24.9 Å². The third kappa shape index (κ3) is 4.40. The zero-order valence-corrected chi connectivity index (χ0v) is 22.0. The van der Waals surface area contributed by atoms with Gasteiger partial charge >= 0.3 is 6.18 Å². The summed E-state index contributed by atoms with van der Waals surface area (Å²) in [6.45, 7) is 4.05. The van der Waals surface area contributed by atoms with Crippen LogP contribution >= 0.6 is 0 Å². The van der Waals surface area contributed by atoms with Crippen LogP contribution in [0.2, 0.25) is 0 Å². The summed E-state index contributed by atoms with van der Waals surface area (Å²) in [5.41, 5.74) is 3.23. The number of hydrogen-bond acceptors (Lipinski definition) is 7. The van der Waals surface area contributed by atoms with Crippen molar-refractivity contribution >= 4 is 11.2 Å². The van der Waals surface area contributed by atoms with Gasteiger partial charge in [-0.3, -0.25) is 9.98 Å². The van der Waals surface area contributed by atoms with E-state index < -0.39 is 11.9 Å². The molecule has 0 aliphatic heterocycles. The van der Waals surface area contributed by atoms with Crippen molar-refractivity contribution in [2.24, 2.45) is 0 Å². The number of aromatic nitrogens is 8. The summed E-state index contributed by atoms with van der Waals surface area (Å²) in [6.07, 6.45) is 1.68. The highest BCUT2D eigenvalue weighted by molar-refractivity contribution is 5.75. The highest BCUT2D eigenvalue weighted by atomic mass is 19.4. The molecule has 1 saturated carbocycles. The fourth-order valence-electron chi connectivity index (χ4n) is 4.93. The molecule has 13 heteroatoms. The maximum Gasteiger partial charge on any atom is 0.434 e. The number of methoxy groups -OCH3 is 1. The fraction of sp³-hybridized carbons (Fsp3) is 0.333. The van der Waals surface area contributed by atoms with Crippen LogP contribution in [-0.2, 0) is 12.7 Å². The molecule has 1 aromatic carbocycles. The first kappa shape index (κ1) is 25.7. The molecule has 1 atom stereocenters. The SMILES string of the molecule is CCn1cc(C(F)(F)F)nc1-c1ccc(C(C)n2c(=N)[nH]c3cnc(-c4c(OC)ncnc4C4CC4)nc32)cc1. The molecule has 1 aliphatic carbocycles. The molecule has 0 radical (unpaired) electrons. The fourth-order valence-corrected chi connectivity index (χ4v) is 4.93. The molecule has 4 aromatic heterocycles. The van der Waals surface area contributed by atoms with Gasteiger partial charge < -0.3 is 14.3 Å². The summed E-state index contributed by atoms with van der Waals surface area (Å²) < 4.78 is 48.5. The number of nitrogens with zero attached hydrogens (tertiary/aromatic N) is 7. The number of fused-ring (bicyclic) bond motifs is 1. The third-order valence-electron chi connectivity index (χ3n) is 7.16. The van der Waals surface area contributed by atoms with Gasteiger partial charge in [-0.1, -0.05) is 24.3 Å². The van der Waals surface area contributed by atoms with E-state index in [1.807, 2.05) is 19.1 Å². The Hall–Kier alpha value is -4.55. The van der Waals surface area contributed by atoms with E-state index in [9.17, 15) is 13.2 Å². The second-order valence-corrected chi connectivity index (χ2v) is 9.72. The van der Waals surface area contributed by atoms with Crippen LogP contribution in [0.25, 0.3) is 33.9 Å². The number of alkyl halides is 3. The number of aryl methyl sites for hydroxylation is 1. The predicted molar refractivity (Wildman–Crippen MR) is 139 cm³/mol. The molecular formula is C27H26F3N9O. The van der Waals surface area contributed by atoms with Crippen LogP contribution in [0.4, 0.5) is 13.2 Å². The maximum absolute atomic E-state index is 13.2. The summed E-state index contributed by atoms with van der Waals surface area (Å²) in [5.74, 6) is 1.36. The van der Waals surface area contributed by atoms with Gasteiger partial charge in [-0.15, -0.1) is 0 Å². The van der Waals surface area contributed by atoms with Crippen LogP contribution in [0.15, 0.2) is 43.0 Å². The van der Waals surface area contributed by atoms with Gasteiger partial charge in [0.1, 0.15) is 23.2 Å². The molecule has 6 rings (SSSR count). The highest BCUT2D eigenvalue weighted by Gasteiger charge is 2.35. The summed E-state index contributed by atoms with van der Waals surface area (Å²) in [4.78, 5) is 25.0. The average molecular weight is 550 g/mol. The summed E-state index contributed by atoms with van der Waals surface area (Å²) in [6, 6.07) is 6.82. The second kappa shape index (κ2) is 9.57. The van der Waals surface area contributed by atoms with Crippen molar-refractivity contribution in [3.8, 4) is 28.7 Å². The minimum absolute atomic E-state index is 0.132. The average Bonchev–Trinajstić information content (AvgIpc) is 3.61. The molecule has 10 nitrogen and oxygen atoms in total. The number of aromatic amines is 1. The van der Waals surface area contributed by atoms with Crippen molar-refractivity contribution in [1.82, 2.24) is 39.0 Å². The molecule has 0 amide bonds. The number of halogens is 3. The minimum Gasteiger partial charge on any atom is -0.480 e. The molecular weight excluding hydrogens is 523 g/mol. The molecule has 0 bridgehead atoms. The van der Waals surface area contributed by atoms with E-state index in [0.717, 1.165) is 30.3 Å². The molecule has 1 fully saturated rings. The molecule has 206 valence electrons. The van der Waals surface area contributed by atoms with Crippen LogP contribution in [0.1, 0.15) is 55.6 Å². The number of ether oxygens (including phenoxy) is 1. The Kier molecular flexibility index (Phi) is 6.15. The Morgan fingerprint density at radius 3 is 2.52 bits per heavy atom. The standard InChI is InChI=1S/C27H26F3N9O/c1-4-38-12-19(27(28,29)30)36-23(38)17-9-5-15(6-10-17)14(2)39-24-18(35-26(39)31)11-32-22(37-24)20-21(16-7-8-16)33-13-34-25(20)40-3/h5-6,9-14,16H,4,7-8H2,1-3H3,(H2,31,35).